The first kappa shape index (κ1) is 14.6. The first-order valence-corrected chi connectivity index (χ1v) is 7.59. The van der Waals surface area contributed by atoms with E-state index in [1.165, 1.54) is 0 Å². The molecule has 2 heterocycles. The summed E-state index contributed by atoms with van der Waals surface area (Å²) in [5.41, 5.74) is 2.73. The lowest BCUT2D eigenvalue weighted by molar-refractivity contribution is 0.105. The molecule has 22 heavy (non-hydrogen) atoms. The summed E-state index contributed by atoms with van der Waals surface area (Å²) < 4.78 is 5.04. The van der Waals surface area contributed by atoms with Crippen molar-refractivity contribution < 1.29 is 9.53 Å². The number of nitrogens with zero attached hydrogens (tertiary/aromatic N) is 4. The number of amides is 1. The van der Waals surface area contributed by atoms with Crippen LogP contribution in [0.1, 0.15) is 12.6 Å². The average Bonchev–Trinajstić information content (AvgIpc) is 2.54. The van der Waals surface area contributed by atoms with Gasteiger partial charge in [-0.05, 0) is 26.0 Å². The Bertz CT molecular complexity index is 681. The molecule has 1 aliphatic rings. The van der Waals surface area contributed by atoms with Crippen LogP contribution >= 0.6 is 0 Å². The van der Waals surface area contributed by atoms with Crippen LogP contribution in [0.2, 0.25) is 0 Å². The molecule has 1 saturated heterocycles. The van der Waals surface area contributed by atoms with Gasteiger partial charge in [-0.3, -0.25) is 0 Å². The van der Waals surface area contributed by atoms with Gasteiger partial charge in [0.1, 0.15) is 0 Å². The van der Waals surface area contributed by atoms with E-state index in [0.717, 1.165) is 35.6 Å². The molecule has 1 aromatic carbocycles. The molecule has 0 spiro atoms. The van der Waals surface area contributed by atoms with Gasteiger partial charge in [0.15, 0.2) is 5.82 Å². The number of aryl methyl sites for hydroxylation is 1. The SMILES string of the molecule is CCOC(=O)N1CCN(c2nc3ccccc3nc2C)CC1. The number of para-hydroxylation sites is 2. The lowest BCUT2D eigenvalue weighted by atomic mass is 10.2. The molecule has 1 aromatic heterocycles. The molecule has 1 amide bonds. The summed E-state index contributed by atoms with van der Waals surface area (Å²) in [4.78, 5) is 25.0. The van der Waals surface area contributed by atoms with Crippen molar-refractivity contribution in [3.8, 4) is 0 Å². The summed E-state index contributed by atoms with van der Waals surface area (Å²) in [6.07, 6.45) is -0.233. The standard InChI is InChI=1S/C16H20N4O2/c1-3-22-16(21)20-10-8-19(9-11-20)15-12(2)17-13-6-4-5-7-14(13)18-15/h4-7H,3,8-11H2,1-2H3. The van der Waals surface area contributed by atoms with Crippen LogP contribution in [0.4, 0.5) is 10.6 Å². The van der Waals surface area contributed by atoms with Crippen LogP contribution < -0.4 is 4.90 Å². The van der Waals surface area contributed by atoms with E-state index in [9.17, 15) is 4.79 Å². The molecule has 0 radical (unpaired) electrons. The molecule has 3 rings (SSSR count). The van der Waals surface area contributed by atoms with E-state index in [2.05, 4.69) is 9.88 Å². The van der Waals surface area contributed by atoms with Crippen molar-refractivity contribution >= 4 is 22.9 Å². The molecule has 6 nitrogen and oxygen atoms in total. The molecule has 0 saturated carbocycles. The monoisotopic (exact) mass is 300 g/mol. The number of ether oxygens (including phenoxy) is 1. The summed E-state index contributed by atoms with van der Waals surface area (Å²) in [5.74, 6) is 0.905. The molecule has 0 bridgehead atoms. The number of fused-ring (bicyclic) bond motifs is 1. The fourth-order valence-electron chi connectivity index (χ4n) is 2.69. The number of rotatable bonds is 2. The average molecular weight is 300 g/mol. The Hall–Kier alpha value is -2.37. The van der Waals surface area contributed by atoms with Crippen molar-refractivity contribution in [2.45, 2.75) is 13.8 Å². The number of carbonyl (C=O) groups excluding carboxylic acids is 1. The topological polar surface area (TPSA) is 58.6 Å². The fourth-order valence-corrected chi connectivity index (χ4v) is 2.69. The van der Waals surface area contributed by atoms with E-state index >= 15 is 0 Å². The van der Waals surface area contributed by atoms with Crippen LogP contribution in [0.5, 0.6) is 0 Å². The second kappa shape index (κ2) is 6.17. The third-order valence-corrected chi connectivity index (χ3v) is 3.83. The van der Waals surface area contributed by atoms with Crippen molar-refractivity contribution in [1.82, 2.24) is 14.9 Å². The second-order valence-electron chi connectivity index (χ2n) is 5.29. The zero-order chi connectivity index (χ0) is 15.5. The minimum absolute atomic E-state index is 0.233. The zero-order valence-corrected chi connectivity index (χ0v) is 13.0. The fraction of sp³-hybridized carbons (Fsp3) is 0.438. The lowest BCUT2D eigenvalue weighted by Crippen LogP contribution is -2.49. The molecular formula is C16H20N4O2. The maximum Gasteiger partial charge on any atom is 0.409 e. The largest absolute Gasteiger partial charge is 0.450 e. The van der Waals surface area contributed by atoms with Gasteiger partial charge < -0.3 is 14.5 Å². The first-order chi connectivity index (χ1) is 10.7. The number of aromatic nitrogens is 2. The van der Waals surface area contributed by atoms with Crippen LogP contribution in [0.15, 0.2) is 24.3 Å². The number of anilines is 1. The van der Waals surface area contributed by atoms with E-state index in [-0.39, 0.29) is 6.09 Å². The Labute approximate surface area is 129 Å². The third-order valence-electron chi connectivity index (χ3n) is 3.83. The Morgan fingerprint density at radius 3 is 2.41 bits per heavy atom. The number of hydrogen-bond acceptors (Lipinski definition) is 5. The van der Waals surface area contributed by atoms with Crippen molar-refractivity contribution in [3.63, 3.8) is 0 Å². The van der Waals surface area contributed by atoms with Crippen LogP contribution in [-0.2, 0) is 4.74 Å². The summed E-state index contributed by atoms with van der Waals surface area (Å²) >= 11 is 0. The summed E-state index contributed by atoms with van der Waals surface area (Å²) in [5, 5.41) is 0. The van der Waals surface area contributed by atoms with Gasteiger partial charge in [-0.1, -0.05) is 12.1 Å². The van der Waals surface area contributed by atoms with E-state index in [1.54, 1.807) is 4.90 Å². The van der Waals surface area contributed by atoms with Crippen molar-refractivity contribution in [2.24, 2.45) is 0 Å². The maximum atomic E-state index is 11.7. The summed E-state index contributed by atoms with van der Waals surface area (Å²) in [7, 11) is 0. The van der Waals surface area contributed by atoms with Gasteiger partial charge in [0, 0.05) is 26.2 Å². The van der Waals surface area contributed by atoms with E-state index in [4.69, 9.17) is 9.72 Å². The van der Waals surface area contributed by atoms with Crippen LogP contribution in [0.25, 0.3) is 11.0 Å². The third kappa shape index (κ3) is 2.81. The number of piperazine rings is 1. The van der Waals surface area contributed by atoms with Gasteiger partial charge in [-0.2, -0.15) is 0 Å². The molecule has 0 aliphatic carbocycles. The Morgan fingerprint density at radius 2 is 1.77 bits per heavy atom. The highest BCUT2D eigenvalue weighted by Crippen LogP contribution is 2.21. The predicted octanol–water partition coefficient (Wildman–Crippen LogP) is 2.22. The molecule has 116 valence electrons. The molecule has 0 unspecified atom stereocenters. The van der Waals surface area contributed by atoms with Crippen LogP contribution in [0, 0.1) is 6.92 Å². The number of carbonyl (C=O) groups is 1. The van der Waals surface area contributed by atoms with Crippen molar-refractivity contribution in [3.05, 3.63) is 30.0 Å². The van der Waals surface area contributed by atoms with Gasteiger partial charge in [0.2, 0.25) is 0 Å². The van der Waals surface area contributed by atoms with E-state index in [1.807, 2.05) is 38.1 Å². The highest BCUT2D eigenvalue weighted by molar-refractivity contribution is 5.76. The predicted molar refractivity (Wildman–Crippen MR) is 85.1 cm³/mol. The highest BCUT2D eigenvalue weighted by Gasteiger charge is 2.24. The summed E-state index contributed by atoms with van der Waals surface area (Å²) in [6.45, 7) is 6.99. The van der Waals surface area contributed by atoms with Crippen molar-refractivity contribution in [1.29, 1.82) is 0 Å². The normalized spacial score (nSPS) is 15.2. The lowest BCUT2D eigenvalue weighted by Gasteiger charge is -2.35. The number of hydrogen-bond donors (Lipinski definition) is 0. The minimum Gasteiger partial charge on any atom is -0.450 e. The summed E-state index contributed by atoms with van der Waals surface area (Å²) in [6, 6.07) is 7.88. The molecule has 2 aromatic rings. The maximum absolute atomic E-state index is 11.7. The Kier molecular flexibility index (Phi) is 4.09. The smallest absolute Gasteiger partial charge is 0.409 e. The van der Waals surface area contributed by atoms with Gasteiger partial charge in [-0.25, -0.2) is 14.8 Å². The van der Waals surface area contributed by atoms with Gasteiger partial charge >= 0.3 is 6.09 Å². The van der Waals surface area contributed by atoms with E-state index in [0.29, 0.717) is 19.7 Å². The molecular weight excluding hydrogens is 280 g/mol. The second-order valence-corrected chi connectivity index (χ2v) is 5.29. The molecule has 1 fully saturated rings. The van der Waals surface area contributed by atoms with Gasteiger partial charge in [0.05, 0.1) is 23.3 Å². The molecule has 6 heteroatoms. The quantitative estimate of drug-likeness (QED) is 0.851. The Balaban J connectivity index is 1.76. The van der Waals surface area contributed by atoms with Crippen LogP contribution in [-0.4, -0.2) is 53.7 Å². The highest BCUT2D eigenvalue weighted by atomic mass is 16.6. The van der Waals surface area contributed by atoms with Crippen LogP contribution in [0.3, 0.4) is 0 Å². The van der Waals surface area contributed by atoms with E-state index < -0.39 is 0 Å². The Morgan fingerprint density at radius 1 is 1.14 bits per heavy atom. The number of benzene rings is 1. The zero-order valence-electron chi connectivity index (χ0n) is 13.0. The minimum atomic E-state index is -0.233. The van der Waals surface area contributed by atoms with Crippen molar-refractivity contribution in [2.75, 3.05) is 37.7 Å². The molecule has 0 N–H and O–H groups in total. The first-order valence-electron chi connectivity index (χ1n) is 7.59. The molecule has 1 aliphatic heterocycles. The molecule has 0 atom stereocenters. The van der Waals surface area contributed by atoms with Gasteiger partial charge in [0.25, 0.3) is 0 Å². The van der Waals surface area contributed by atoms with Gasteiger partial charge in [-0.15, -0.1) is 0 Å².